The molecule has 0 aromatic carbocycles. The summed E-state index contributed by atoms with van der Waals surface area (Å²) in [6.07, 6.45) is 4.58. The van der Waals surface area contributed by atoms with Gasteiger partial charge < -0.3 is 10.1 Å². The van der Waals surface area contributed by atoms with Crippen molar-refractivity contribution in [3.63, 3.8) is 0 Å². The van der Waals surface area contributed by atoms with E-state index in [1.807, 2.05) is 6.08 Å². The summed E-state index contributed by atoms with van der Waals surface area (Å²) in [5.74, 6) is 1.32. The van der Waals surface area contributed by atoms with E-state index in [0.717, 1.165) is 25.9 Å². The Hall–Kier alpha value is -0.830. The molecule has 0 radical (unpaired) electrons. The lowest BCUT2D eigenvalue weighted by Crippen LogP contribution is -2.14. The third kappa shape index (κ3) is 2.10. The van der Waals surface area contributed by atoms with Crippen molar-refractivity contribution in [1.82, 2.24) is 5.32 Å². The Labute approximate surface area is 78.1 Å². The summed E-state index contributed by atoms with van der Waals surface area (Å²) in [4.78, 5) is 11.6. The maximum atomic E-state index is 11.6. The average Bonchev–Trinajstić information content (AvgIpc) is 2.74. The van der Waals surface area contributed by atoms with Crippen molar-refractivity contribution in [2.24, 2.45) is 5.92 Å². The topological polar surface area (TPSA) is 38.3 Å². The van der Waals surface area contributed by atoms with E-state index in [1.165, 1.54) is 0 Å². The van der Waals surface area contributed by atoms with Crippen molar-refractivity contribution in [2.45, 2.75) is 19.3 Å². The second kappa shape index (κ2) is 3.92. The Balaban J connectivity index is 1.83. The van der Waals surface area contributed by atoms with E-state index in [-0.39, 0.29) is 5.78 Å². The fourth-order valence-corrected chi connectivity index (χ4v) is 1.86. The zero-order valence-electron chi connectivity index (χ0n) is 7.71. The maximum absolute atomic E-state index is 11.6. The van der Waals surface area contributed by atoms with Crippen molar-refractivity contribution in [2.75, 3.05) is 19.7 Å². The molecule has 0 amide bonds. The molecule has 0 aliphatic carbocycles. The van der Waals surface area contributed by atoms with E-state index in [9.17, 15) is 4.79 Å². The minimum atomic E-state index is 0.186. The molecule has 0 saturated carbocycles. The minimum absolute atomic E-state index is 0.186. The molecule has 2 rings (SSSR count). The predicted octanol–water partition coefficient (Wildman–Crippen LogP) is 0.859. The van der Waals surface area contributed by atoms with Crippen LogP contribution in [0.5, 0.6) is 0 Å². The predicted molar refractivity (Wildman–Crippen MR) is 49.3 cm³/mol. The van der Waals surface area contributed by atoms with Crippen LogP contribution < -0.4 is 5.32 Å². The molecule has 1 saturated heterocycles. The summed E-state index contributed by atoms with van der Waals surface area (Å²) >= 11 is 0. The van der Waals surface area contributed by atoms with Gasteiger partial charge in [-0.2, -0.15) is 0 Å². The first-order chi connectivity index (χ1) is 6.36. The van der Waals surface area contributed by atoms with Crippen LogP contribution in [0.2, 0.25) is 0 Å². The van der Waals surface area contributed by atoms with E-state index in [4.69, 9.17) is 4.74 Å². The van der Waals surface area contributed by atoms with Crippen LogP contribution in [-0.4, -0.2) is 25.5 Å². The van der Waals surface area contributed by atoms with Gasteiger partial charge >= 0.3 is 0 Å². The molecule has 0 spiro atoms. The van der Waals surface area contributed by atoms with E-state index in [0.29, 0.717) is 24.7 Å². The highest BCUT2D eigenvalue weighted by molar-refractivity contribution is 5.93. The molecular formula is C10H15NO2. The van der Waals surface area contributed by atoms with Crippen molar-refractivity contribution >= 4 is 5.78 Å². The molecule has 0 bridgehead atoms. The number of allylic oxidation sites excluding steroid dienone is 1. The van der Waals surface area contributed by atoms with Crippen LogP contribution in [0.3, 0.4) is 0 Å². The van der Waals surface area contributed by atoms with Crippen LogP contribution in [0.25, 0.3) is 0 Å². The fourth-order valence-electron chi connectivity index (χ4n) is 1.86. The minimum Gasteiger partial charge on any atom is -0.490 e. The summed E-state index contributed by atoms with van der Waals surface area (Å²) in [5, 5.41) is 3.26. The Morgan fingerprint density at radius 2 is 2.62 bits per heavy atom. The normalized spacial score (nSPS) is 27.1. The van der Waals surface area contributed by atoms with Gasteiger partial charge in [-0.25, -0.2) is 0 Å². The number of rotatable bonds is 3. The van der Waals surface area contributed by atoms with E-state index in [1.54, 1.807) is 0 Å². The lowest BCUT2D eigenvalue weighted by Gasteiger charge is -2.07. The van der Waals surface area contributed by atoms with Crippen LogP contribution in [-0.2, 0) is 9.53 Å². The molecule has 2 aliphatic heterocycles. The molecule has 2 aliphatic rings. The monoisotopic (exact) mass is 181 g/mol. The molecule has 1 N–H and O–H groups in total. The number of nitrogens with one attached hydrogen (secondary N) is 1. The van der Waals surface area contributed by atoms with Crippen molar-refractivity contribution in [1.29, 1.82) is 0 Å². The Bertz CT molecular complexity index is 229. The molecule has 2 heterocycles. The van der Waals surface area contributed by atoms with Crippen molar-refractivity contribution < 1.29 is 9.53 Å². The van der Waals surface area contributed by atoms with Crippen LogP contribution in [0, 0.1) is 5.92 Å². The largest absolute Gasteiger partial charge is 0.490 e. The number of carbonyl (C=O) groups excluding carboxylic acids is 1. The highest BCUT2D eigenvalue weighted by Gasteiger charge is 2.22. The maximum Gasteiger partial charge on any atom is 0.197 e. The van der Waals surface area contributed by atoms with Gasteiger partial charge in [0.15, 0.2) is 11.5 Å². The number of hydrogen-bond donors (Lipinski definition) is 1. The summed E-state index contributed by atoms with van der Waals surface area (Å²) in [5.41, 5.74) is 0. The first-order valence-electron chi connectivity index (χ1n) is 4.93. The summed E-state index contributed by atoms with van der Waals surface area (Å²) in [7, 11) is 0. The number of ketones is 1. The number of ether oxygens (including phenoxy) is 1. The van der Waals surface area contributed by atoms with Crippen molar-refractivity contribution in [3.05, 3.63) is 11.8 Å². The van der Waals surface area contributed by atoms with Gasteiger partial charge in [0.2, 0.25) is 0 Å². The number of hydrogen-bond acceptors (Lipinski definition) is 3. The molecule has 72 valence electrons. The Kier molecular flexibility index (Phi) is 2.64. The molecule has 3 nitrogen and oxygen atoms in total. The quantitative estimate of drug-likeness (QED) is 0.701. The summed E-state index contributed by atoms with van der Waals surface area (Å²) < 4.78 is 5.22. The van der Waals surface area contributed by atoms with Crippen molar-refractivity contribution in [3.8, 4) is 0 Å². The molecule has 3 heteroatoms. The van der Waals surface area contributed by atoms with Gasteiger partial charge in [0.1, 0.15) is 0 Å². The smallest absolute Gasteiger partial charge is 0.197 e. The highest BCUT2D eigenvalue weighted by Crippen LogP contribution is 2.18. The first-order valence-corrected chi connectivity index (χ1v) is 4.93. The van der Waals surface area contributed by atoms with Crippen LogP contribution >= 0.6 is 0 Å². The second-order valence-corrected chi connectivity index (χ2v) is 3.69. The van der Waals surface area contributed by atoms with E-state index in [2.05, 4.69) is 5.32 Å². The van der Waals surface area contributed by atoms with Gasteiger partial charge in [0.05, 0.1) is 6.61 Å². The Morgan fingerprint density at radius 3 is 3.23 bits per heavy atom. The number of Topliss-reactive ketones (excluding diaryl/α,β-unsaturated/α-hetero) is 1. The van der Waals surface area contributed by atoms with Gasteiger partial charge in [-0.05, 0) is 31.5 Å². The molecule has 1 fully saturated rings. The van der Waals surface area contributed by atoms with E-state index >= 15 is 0 Å². The van der Waals surface area contributed by atoms with Crippen LogP contribution in [0.1, 0.15) is 19.3 Å². The Morgan fingerprint density at radius 1 is 1.69 bits per heavy atom. The lowest BCUT2D eigenvalue weighted by atomic mass is 10.0. The highest BCUT2D eigenvalue weighted by atomic mass is 16.5. The lowest BCUT2D eigenvalue weighted by molar-refractivity contribution is -0.119. The standard InChI is InChI=1S/C10H15NO2/c12-9(10-2-1-5-13-10)6-8-3-4-11-7-8/h2,8,11H,1,3-7H2. The van der Waals surface area contributed by atoms with E-state index < -0.39 is 0 Å². The summed E-state index contributed by atoms with van der Waals surface area (Å²) in [6.45, 7) is 2.72. The second-order valence-electron chi connectivity index (χ2n) is 3.69. The number of carbonyl (C=O) groups is 1. The van der Waals surface area contributed by atoms with Gasteiger partial charge in [-0.3, -0.25) is 4.79 Å². The molecule has 13 heavy (non-hydrogen) atoms. The van der Waals surface area contributed by atoms with Gasteiger partial charge in [-0.1, -0.05) is 0 Å². The molecule has 1 atom stereocenters. The SMILES string of the molecule is O=C(CC1CCNC1)C1=CCCO1. The molecule has 0 aromatic rings. The zero-order valence-corrected chi connectivity index (χ0v) is 7.71. The molecule has 0 aromatic heterocycles. The third-order valence-electron chi connectivity index (χ3n) is 2.62. The van der Waals surface area contributed by atoms with Crippen LogP contribution in [0.4, 0.5) is 0 Å². The average molecular weight is 181 g/mol. The summed E-state index contributed by atoms with van der Waals surface area (Å²) in [6, 6.07) is 0. The van der Waals surface area contributed by atoms with Gasteiger partial charge in [0, 0.05) is 12.8 Å². The molecule has 1 unspecified atom stereocenters. The van der Waals surface area contributed by atoms with Gasteiger partial charge in [0.25, 0.3) is 0 Å². The third-order valence-corrected chi connectivity index (χ3v) is 2.62. The first kappa shape index (κ1) is 8.75. The fraction of sp³-hybridized carbons (Fsp3) is 0.700. The van der Waals surface area contributed by atoms with Gasteiger partial charge in [-0.15, -0.1) is 0 Å². The molecular weight excluding hydrogens is 166 g/mol. The van der Waals surface area contributed by atoms with Crippen LogP contribution in [0.15, 0.2) is 11.8 Å². The zero-order chi connectivity index (χ0) is 9.10.